The Labute approximate surface area is 131 Å². The first kappa shape index (κ1) is 14.5. The number of alkyl halides is 3. The molecule has 0 atom stereocenters. The van der Waals surface area contributed by atoms with E-state index in [1.54, 1.807) is 12.1 Å². The molecule has 0 aliphatic carbocycles. The van der Waals surface area contributed by atoms with E-state index in [-0.39, 0.29) is 5.75 Å². The number of hydrogen-bond acceptors (Lipinski definition) is 2. The quantitative estimate of drug-likeness (QED) is 0.625. The van der Waals surface area contributed by atoms with Crippen molar-refractivity contribution in [1.29, 1.82) is 0 Å². The smallest absolute Gasteiger partial charge is 0.182 e. The highest BCUT2D eigenvalue weighted by Crippen LogP contribution is 2.37. The van der Waals surface area contributed by atoms with Gasteiger partial charge in [0, 0.05) is 5.39 Å². The van der Waals surface area contributed by atoms with E-state index in [0.29, 0.717) is 4.90 Å². The van der Waals surface area contributed by atoms with Gasteiger partial charge in [-0.25, -0.2) is 8.42 Å². The normalized spacial score (nSPS) is 12.8. The molecule has 18 heavy (non-hydrogen) atoms. The van der Waals surface area contributed by atoms with Crippen molar-refractivity contribution in [3.63, 3.8) is 0 Å². The molecule has 0 N–H and O–H groups in total. The fourth-order valence-corrected chi connectivity index (χ4v) is 5.87. The Kier molecular flexibility index (Phi) is 4.21. The Morgan fingerprint density at radius 3 is 2.22 bits per heavy atom. The average Bonchev–Trinajstić information content (AvgIpc) is 2.25. The molecule has 0 radical (unpaired) electrons. The highest BCUT2D eigenvalue weighted by atomic mass is 80.0. The van der Waals surface area contributed by atoms with Gasteiger partial charge in [-0.2, -0.15) is 0 Å². The predicted octanol–water partition coefficient (Wildman–Crippen LogP) is 4.45. The zero-order valence-electron chi connectivity index (χ0n) is 9.11. The fraction of sp³-hybridized carbons (Fsp3) is 0.167. The van der Waals surface area contributed by atoms with Crippen LogP contribution in [0.4, 0.5) is 0 Å². The predicted molar refractivity (Wildman–Crippen MR) is 85.5 cm³/mol. The summed E-state index contributed by atoms with van der Waals surface area (Å²) in [5.74, 6) is -0.0893. The van der Waals surface area contributed by atoms with E-state index in [2.05, 4.69) is 47.8 Å². The highest BCUT2D eigenvalue weighted by Gasteiger charge is 2.29. The Morgan fingerprint density at radius 1 is 0.944 bits per heavy atom. The lowest BCUT2D eigenvalue weighted by Crippen LogP contribution is -2.18. The van der Waals surface area contributed by atoms with Crippen LogP contribution in [0.2, 0.25) is 0 Å². The highest BCUT2D eigenvalue weighted by molar-refractivity contribution is 9.39. The molecule has 2 nitrogen and oxygen atoms in total. The summed E-state index contributed by atoms with van der Waals surface area (Å²) >= 11 is 9.69. The van der Waals surface area contributed by atoms with Gasteiger partial charge in [0.1, 0.15) is 2.14 Å². The third kappa shape index (κ3) is 3.35. The second-order valence-corrected chi connectivity index (χ2v) is 13.1. The van der Waals surface area contributed by atoms with Gasteiger partial charge in [-0.15, -0.1) is 0 Å². The van der Waals surface area contributed by atoms with Gasteiger partial charge in [0.25, 0.3) is 0 Å². The van der Waals surface area contributed by atoms with E-state index < -0.39 is 12.0 Å². The van der Waals surface area contributed by atoms with E-state index in [1.807, 2.05) is 30.3 Å². The molecule has 0 amide bonds. The molecular formula is C12H9Br3O2S. The average molecular weight is 457 g/mol. The third-order valence-corrected chi connectivity index (χ3v) is 6.23. The van der Waals surface area contributed by atoms with Crippen molar-refractivity contribution in [3.8, 4) is 0 Å². The second kappa shape index (κ2) is 5.23. The summed E-state index contributed by atoms with van der Waals surface area (Å²) < 4.78 is 23.9. The first-order valence-electron chi connectivity index (χ1n) is 5.07. The summed E-state index contributed by atoms with van der Waals surface area (Å²) in [7, 11) is -3.39. The molecule has 0 saturated carbocycles. The van der Waals surface area contributed by atoms with Crippen molar-refractivity contribution in [2.24, 2.45) is 0 Å². The summed E-state index contributed by atoms with van der Waals surface area (Å²) in [5, 5.41) is 1.67. The molecule has 0 aliphatic rings. The number of benzene rings is 2. The largest absolute Gasteiger partial charge is 0.224 e. The Hall–Kier alpha value is 0.0900. The molecule has 2 rings (SSSR count). The Bertz CT molecular complexity index is 670. The van der Waals surface area contributed by atoms with Gasteiger partial charge >= 0.3 is 0 Å². The molecule has 0 aliphatic heterocycles. The lowest BCUT2D eigenvalue weighted by atomic mass is 10.1. The van der Waals surface area contributed by atoms with Crippen LogP contribution in [0.25, 0.3) is 10.8 Å². The minimum Gasteiger partial charge on any atom is -0.224 e. The van der Waals surface area contributed by atoms with Gasteiger partial charge in [-0.1, -0.05) is 84.2 Å². The molecule has 0 aromatic heterocycles. The Balaban J connectivity index is 2.61. The van der Waals surface area contributed by atoms with Gasteiger partial charge in [-0.3, -0.25) is 0 Å². The summed E-state index contributed by atoms with van der Waals surface area (Å²) in [6, 6.07) is 12.7. The number of fused-ring (bicyclic) bond motifs is 1. The van der Waals surface area contributed by atoms with Gasteiger partial charge < -0.3 is 0 Å². The van der Waals surface area contributed by atoms with E-state index >= 15 is 0 Å². The second-order valence-electron chi connectivity index (χ2n) is 3.85. The molecule has 0 fully saturated rings. The van der Waals surface area contributed by atoms with Gasteiger partial charge in [0.15, 0.2) is 9.84 Å². The molecule has 0 heterocycles. The third-order valence-electron chi connectivity index (χ3n) is 2.44. The Morgan fingerprint density at radius 2 is 1.56 bits per heavy atom. The summed E-state index contributed by atoms with van der Waals surface area (Å²) in [5.41, 5.74) is 0. The topological polar surface area (TPSA) is 34.1 Å². The summed E-state index contributed by atoms with van der Waals surface area (Å²) in [6.07, 6.45) is 0. The molecule has 96 valence electrons. The first-order chi connectivity index (χ1) is 8.30. The summed E-state index contributed by atoms with van der Waals surface area (Å²) in [6.45, 7) is 0. The molecule has 2 aromatic rings. The maximum atomic E-state index is 12.4. The number of rotatable bonds is 2. The molecule has 0 saturated heterocycles. The van der Waals surface area contributed by atoms with Crippen LogP contribution in [0.1, 0.15) is 0 Å². The van der Waals surface area contributed by atoms with Crippen LogP contribution in [0.5, 0.6) is 0 Å². The van der Waals surface area contributed by atoms with Crippen molar-refractivity contribution in [2.75, 3.05) is 5.75 Å². The van der Waals surface area contributed by atoms with Crippen LogP contribution in [-0.2, 0) is 9.84 Å². The van der Waals surface area contributed by atoms with Crippen LogP contribution >= 0.6 is 47.8 Å². The van der Waals surface area contributed by atoms with Crippen molar-refractivity contribution >= 4 is 68.4 Å². The maximum Gasteiger partial charge on any atom is 0.182 e. The van der Waals surface area contributed by atoms with Crippen LogP contribution in [0.3, 0.4) is 0 Å². The van der Waals surface area contributed by atoms with Gasteiger partial charge in [-0.05, 0) is 11.5 Å². The van der Waals surface area contributed by atoms with E-state index in [4.69, 9.17) is 0 Å². The minimum atomic E-state index is -3.39. The van der Waals surface area contributed by atoms with E-state index in [9.17, 15) is 8.42 Å². The molecule has 6 heteroatoms. The van der Waals surface area contributed by atoms with E-state index in [0.717, 1.165) is 10.8 Å². The molecule has 2 aromatic carbocycles. The zero-order valence-corrected chi connectivity index (χ0v) is 14.7. The number of hydrogen-bond donors (Lipinski definition) is 0. The van der Waals surface area contributed by atoms with Crippen molar-refractivity contribution < 1.29 is 8.42 Å². The molecule has 0 unspecified atom stereocenters. The molecule has 0 spiro atoms. The van der Waals surface area contributed by atoms with Crippen LogP contribution < -0.4 is 0 Å². The molecule has 0 bridgehead atoms. The lowest BCUT2D eigenvalue weighted by molar-refractivity contribution is 0.597. The fourth-order valence-electron chi connectivity index (χ4n) is 1.76. The standard InChI is InChI=1S/C12H9Br3O2S/c13-12(14,15)8-18(16,17)11-7-3-5-9-4-1-2-6-10(9)11/h1-7H,8H2. The summed E-state index contributed by atoms with van der Waals surface area (Å²) in [4.78, 5) is 0.350. The first-order valence-corrected chi connectivity index (χ1v) is 9.10. The zero-order chi connectivity index (χ0) is 13.4. The minimum absolute atomic E-state index is 0.0893. The maximum absolute atomic E-state index is 12.4. The van der Waals surface area contributed by atoms with Crippen LogP contribution in [-0.4, -0.2) is 16.3 Å². The van der Waals surface area contributed by atoms with Crippen molar-refractivity contribution in [3.05, 3.63) is 42.5 Å². The molecular weight excluding hydrogens is 448 g/mol. The van der Waals surface area contributed by atoms with Crippen molar-refractivity contribution in [1.82, 2.24) is 0 Å². The van der Waals surface area contributed by atoms with Gasteiger partial charge in [0.05, 0.1) is 10.6 Å². The van der Waals surface area contributed by atoms with Crippen LogP contribution in [0, 0.1) is 0 Å². The van der Waals surface area contributed by atoms with Crippen molar-refractivity contribution in [2.45, 2.75) is 7.04 Å². The van der Waals surface area contributed by atoms with E-state index in [1.165, 1.54) is 0 Å². The van der Waals surface area contributed by atoms with Gasteiger partial charge in [0.2, 0.25) is 0 Å². The van der Waals surface area contributed by atoms with Crippen LogP contribution in [0.15, 0.2) is 47.4 Å². The number of halogens is 3. The number of sulfone groups is 1. The SMILES string of the molecule is O=S(=O)(CC(Br)(Br)Br)c1cccc2ccccc12. The monoisotopic (exact) mass is 454 g/mol. The lowest BCUT2D eigenvalue weighted by Gasteiger charge is -2.14.